The van der Waals surface area contributed by atoms with E-state index in [0.717, 1.165) is 12.0 Å². The molecule has 6 nitrogen and oxygen atoms in total. The number of carboxylic acid groups (broad SMARTS) is 1. The lowest BCUT2D eigenvalue weighted by atomic mass is 10.1. The fourth-order valence-electron chi connectivity index (χ4n) is 3.32. The highest BCUT2D eigenvalue weighted by Gasteiger charge is 2.52. The van der Waals surface area contributed by atoms with Gasteiger partial charge in [-0.05, 0) is 37.5 Å². The maximum Gasteiger partial charge on any atom is 0.335 e. The Morgan fingerprint density at radius 2 is 2.25 bits per heavy atom. The number of fused-ring (bicyclic) bond motifs is 1. The van der Waals surface area contributed by atoms with Gasteiger partial charge in [-0.15, -0.1) is 11.8 Å². The van der Waals surface area contributed by atoms with E-state index < -0.39 is 12.0 Å². The molecule has 0 aromatic heterocycles. The number of carboxylic acids is 1. The number of nitrogens with one attached hydrogen (secondary N) is 1. The zero-order valence-corrected chi connectivity index (χ0v) is 14.3. The lowest BCUT2D eigenvalue weighted by Gasteiger charge is -2.29. The second-order valence-corrected chi connectivity index (χ2v) is 7.81. The monoisotopic (exact) mass is 348 g/mol. The predicted octanol–water partition coefficient (Wildman–Crippen LogP) is 1.50. The summed E-state index contributed by atoms with van der Waals surface area (Å²) in [5.74, 6) is -0.411. The van der Waals surface area contributed by atoms with Crippen LogP contribution >= 0.6 is 11.8 Å². The summed E-state index contributed by atoms with van der Waals surface area (Å²) in [5.41, 5.74) is 1.10. The number of thioether (sulfide) groups is 1. The molecule has 1 aromatic carbocycles. The second-order valence-electron chi connectivity index (χ2n) is 6.31. The summed E-state index contributed by atoms with van der Waals surface area (Å²) >= 11 is 1.67. The van der Waals surface area contributed by atoms with Crippen molar-refractivity contribution in [2.45, 2.75) is 37.1 Å². The van der Waals surface area contributed by atoms with Gasteiger partial charge in [0.2, 0.25) is 11.8 Å². The van der Waals surface area contributed by atoms with Crippen LogP contribution < -0.4 is 5.32 Å². The number of carbonyl (C=O) groups is 3. The standard InChI is InChI=1S/C17H20N2O4S/c1-17-7-5-14(20)19(17)13(10-24-17)15(21)18-8-6-11-3-2-4-12(9-11)16(22)23/h2-4,9,13H,5-8,10H2,1H3,(H,18,21)(H,22,23)/t13-,17-/m1/s1. The number of hydrogen-bond donors (Lipinski definition) is 2. The third-order valence-electron chi connectivity index (χ3n) is 4.63. The molecule has 7 heteroatoms. The number of nitrogens with zero attached hydrogens (tertiary/aromatic N) is 1. The molecule has 24 heavy (non-hydrogen) atoms. The molecule has 2 saturated heterocycles. The van der Waals surface area contributed by atoms with Crippen LogP contribution in [0.1, 0.15) is 35.7 Å². The molecular formula is C17H20N2O4S. The summed E-state index contributed by atoms with van der Waals surface area (Å²) in [6, 6.07) is 6.29. The Hall–Kier alpha value is -2.02. The maximum absolute atomic E-state index is 12.4. The van der Waals surface area contributed by atoms with Gasteiger partial charge in [0.15, 0.2) is 0 Å². The molecule has 3 rings (SSSR count). The molecule has 128 valence electrons. The molecule has 2 aliphatic rings. The van der Waals surface area contributed by atoms with Crippen LogP contribution in [0.25, 0.3) is 0 Å². The van der Waals surface area contributed by atoms with Crippen LogP contribution in [0, 0.1) is 0 Å². The molecule has 0 radical (unpaired) electrons. The Morgan fingerprint density at radius 3 is 3.00 bits per heavy atom. The number of rotatable bonds is 5. The minimum atomic E-state index is -0.962. The van der Waals surface area contributed by atoms with Gasteiger partial charge in [-0.25, -0.2) is 4.79 Å². The van der Waals surface area contributed by atoms with E-state index in [-0.39, 0.29) is 22.2 Å². The van der Waals surface area contributed by atoms with Gasteiger partial charge >= 0.3 is 5.97 Å². The average molecular weight is 348 g/mol. The second kappa shape index (κ2) is 6.47. The van der Waals surface area contributed by atoms with Crippen LogP contribution in [0.4, 0.5) is 0 Å². The normalized spacial score (nSPS) is 25.6. The number of carbonyl (C=O) groups excluding carboxylic acids is 2. The molecule has 1 aromatic rings. The summed E-state index contributed by atoms with van der Waals surface area (Å²) in [5, 5.41) is 11.9. The molecule has 2 aliphatic heterocycles. The van der Waals surface area contributed by atoms with Crippen molar-refractivity contribution in [2.24, 2.45) is 0 Å². The Morgan fingerprint density at radius 1 is 1.46 bits per heavy atom. The van der Waals surface area contributed by atoms with E-state index in [1.165, 1.54) is 0 Å². The fraction of sp³-hybridized carbons (Fsp3) is 0.471. The van der Waals surface area contributed by atoms with Crippen LogP contribution in [-0.4, -0.2) is 51.0 Å². The number of hydrogen-bond acceptors (Lipinski definition) is 4. The molecule has 0 aliphatic carbocycles. The van der Waals surface area contributed by atoms with Gasteiger partial charge in [0.25, 0.3) is 0 Å². The molecule has 0 bridgehead atoms. The lowest BCUT2D eigenvalue weighted by molar-refractivity contribution is -0.137. The minimum Gasteiger partial charge on any atom is -0.478 e. The quantitative estimate of drug-likeness (QED) is 0.842. The summed E-state index contributed by atoms with van der Waals surface area (Å²) in [4.78, 5) is 36.9. The molecular weight excluding hydrogens is 328 g/mol. The highest BCUT2D eigenvalue weighted by molar-refractivity contribution is 8.01. The SMILES string of the molecule is C[C@@]12CCC(=O)N1[C@@H](C(=O)NCCc1cccc(C(=O)O)c1)CS2. The van der Waals surface area contributed by atoms with Crippen LogP contribution in [0.2, 0.25) is 0 Å². The molecule has 0 saturated carbocycles. The van der Waals surface area contributed by atoms with Gasteiger partial charge in [-0.1, -0.05) is 12.1 Å². The van der Waals surface area contributed by atoms with E-state index in [0.29, 0.717) is 25.1 Å². The Balaban J connectivity index is 1.56. The van der Waals surface area contributed by atoms with Crippen molar-refractivity contribution in [3.63, 3.8) is 0 Å². The summed E-state index contributed by atoms with van der Waals surface area (Å²) < 4.78 is 0. The fourth-order valence-corrected chi connectivity index (χ4v) is 4.75. The molecule has 2 atom stereocenters. The third kappa shape index (κ3) is 3.13. The Bertz CT molecular complexity index is 693. The molecule has 2 amide bonds. The number of amides is 2. The van der Waals surface area contributed by atoms with Crippen molar-refractivity contribution in [2.75, 3.05) is 12.3 Å². The van der Waals surface area contributed by atoms with Crippen molar-refractivity contribution >= 4 is 29.5 Å². The topological polar surface area (TPSA) is 86.7 Å². The number of benzene rings is 1. The van der Waals surface area contributed by atoms with E-state index in [4.69, 9.17) is 5.11 Å². The Labute approximate surface area is 144 Å². The predicted molar refractivity (Wildman–Crippen MR) is 90.8 cm³/mol. The average Bonchev–Trinajstić information content (AvgIpc) is 3.04. The third-order valence-corrected chi connectivity index (χ3v) is 6.14. The molecule has 2 heterocycles. The smallest absolute Gasteiger partial charge is 0.335 e. The largest absolute Gasteiger partial charge is 0.478 e. The first kappa shape index (κ1) is 16.8. The van der Waals surface area contributed by atoms with Crippen LogP contribution in [0.3, 0.4) is 0 Å². The van der Waals surface area contributed by atoms with Crippen LogP contribution in [0.5, 0.6) is 0 Å². The van der Waals surface area contributed by atoms with Gasteiger partial charge in [0.1, 0.15) is 6.04 Å². The van der Waals surface area contributed by atoms with E-state index >= 15 is 0 Å². The number of aromatic carboxylic acids is 1. The van der Waals surface area contributed by atoms with E-state index in [9.17, 15) is 14.4 Å². The van der Waals surface area contributed by atoms with Crippen molar-refractivity contribution < 1.29 is 19.5 Å². The first-order valence-electron chi connectivity index (χ1n) is 7.97. The van der Waals surface area contributed by atoms with Gasteiger partial charge in [-0.2, -0.15) is 0 Å². The van der Waals surface area contributed by atoms with E-state index in [1.54, 1.807) is 34.9 Å². The molecule has 2 fully saturated rings. The zero-order valence-electron chi connectivity index (χ0n) is 13.4. The van der Waals surface area contributed by atoms with E-state index in [1.807, 2.05) is 13.0 Å². The van der Waals surface area contributed by atoms with E-state index in [2.05, 4.69) is 5.32 Å². The van der Waals surface area contributed by atoms with Crippen molar-refractivity contribution in [3.05, 3.63) is 35.4 Å². The molecule has 2 N–H and O–H groups in total. The summed E-state index contributed by atoms with van der Waals surface area (Å²) in [6.07, 6.45) is 1.86. The molecule has 0 unspecified atom stereocenters. The van der Waals surface area contributed by atoms with Gasteiger partial charge in [-0.3, -0.25) is 9.59 Å². The molecule has 0 spiro atoms. The first-order valence-corrected chi connectivity index (χ1v) is 8.95. The highest BCUT2D eigenvalue weighted by Crippen LogP contribution is 2.47. The summed E-state index contributed by atoms with van der Waals surface area (Å²) in [6.45, 7) is 2.44. The van der Waals surface area contributed by atoms with Gasteiger partial charge in [0.05, 0.1) is 10.4 Å². The summed E-state index contributed by atoms with van der Waals surface area (Å²) in [7, 11) is 0. The van der Waals surface area contributed by atoms with Crippen LogP contribution in [-0.2, 0) is 16.0 Å². The first-order chi connectivity index (χ1) is 11.4. The van der Waals surface area contributed by atoms with Crippen molar-refractivity contribution in [3.8, 4) is 0 Å². The minimum absolute atomic E-state index is 0.0526. The van der Waals surface area contributed by atoms with Gasteiger partial charge in [0, 0.05) is 18.7 Å². The Kier molecular flexibility index (Phi) is 4.54. The van der Waals surface area contributed by atoms with Crippen molar-refractivity contribution in [1.82, 2.24) is 10.2 Å². The zero-order chi connectivity index (χ0) is 17.3. The van der Waals surface area contributed by atoms with Crippen LogP contribution in [0.15, 0.2) is 24.3 Å². The lowest BCUT2D eigenvalue weighted by Crippen LogP contribution is -2.50. The highest BCUT2D eigenvalue weighted by atomic mass is 32.2. The van der Waals surface area contributed by atoms with Crippen molar-refractivity contribution in [1.29, 1.82) is 0 Å². The van der Waals surface area contributed by atoms with Gasteiger partial charge < -0.3 is 15.3 Å². The maximum atomic E-state index is 12.4.